The van der Waals surface area contributed by atoms with Gasteiger partial charge in [0.05, 0.1) is 0 Å². The van der Waals surface area contributed by atoms with Crippen molar-refractivity contribution in [2.45, 2.75) is 54.7 Å². The highest BCUT2D eigenvalue weighted by atomic mass is 32.2. The van der Waals surface area contributed by atoms with Gasteiger partial charge in [-0.05, 0) is 89.7 Å². The summed E-state index contributed by atoms with van der Waals surface area (Å²) in [5.41, 5.74) is 14.9. The minimum atomic E-state index is 0.0246. The molecule has 7 aromatic rings. The van der Waals surface area contributed by atoms with Crippen molar-refractivity contribution in [3.05, 3.63) is 138 Å². The molecular weight excluding hydrogens is 629 g/mol. The standard InChI is InChI=1S/C45H34BNO2S/c1-45(2)32-14-4-6-16-36(32)47(37-17-7-5-15-33(37)45)28-22-23-34-40(26-28)48-39-19-10-20-42-43(39)46(34)35-25-27(21-24-41(35)50-42)29-12-9-13-31-30-11-3-8-18-38(30)49-44(29)31/h3-4,6,8-14,16,18-26H,5,7,15,17H2,1-2H3. The second-order valence-electron chi connectivity index (χ2n) is 14.7. The number of rotatable bonds is 2. The Labute approximate surface area is 296 Å². The quantitative estimate of drug-likeness (QED) is 0.172. The molecule has 0 unspecified atom stereocenters. The Morgan fingerprint density at radius 2 is 1.54 bits per heavy atom. The van der Waals surface area contributed by atoms with Crippen LogP contribution in [0.15, 0.2) is 147 Å². The van der Waals surface area contributed by atoms with Crippen LogP contribution in [0.3, 0.4) is 0 Å². The molecule has 1 aliphatic carbocycles. The zero-order valence-electron chi connectivity index (χ0n) is 28.1. The number of nitrogens with zero attached hydrogens (tertiary/aromatic N) is 1. The molecule has 11 rings (SSSR count). The molecule has 0 N–H and O–H groups in total. The molecular formula is C45H34BNO2S. The fraction of sp³-hybridized carbons (Fsp3) is 0.156. The molecule has 50 heavy (non-hydrogen) atoms. The van der Waals surface area contributed by atoms with Crippen molar-refractivity contribution in [3.8, 4) is 22.6 Å². The second kappa shape index (κ2) is 10.4. The van der Waals surface area contributed by atoms with Crippen molar-refractivity contribution in [2.24, 2.45) is 0 Å². The van der Waals surface area contributed by atoms with Gasteiger partial charge in [-0.1, -0.05) is 110 Å². The molecule has 0 bridgehead atoms. The molecule has 0 saturated heterocycles. The van der Waals surface area contributed by atoms with Crippen molar-refractivity contribution in [1.82, 2.24) is 0 Å². The van der Waals surface area contributed by atoms with E-state index in [1.54, 1.807) is 5.57 Å². The number of allylic oxidation sites excluding steroid dienone is 2. The van der Waals surface area contributed by atoms with E-state index in [9.17, 15) is 0 Å². The molecule has 4 heterocycles. The molecule has 240 valence electrons. The first-order valence-electron chi connectivity index (χ1n) is 17.8. The first-order chi connectivity index (χ1) is 24.5. The predicted molar refractivity (Wildman–Crippen MR) is 208 cm³/mol. The van der Waals surface area contributed by atoms with Gasteiger partial charge in [-0.2, -0.15) is 0 Å². The Morgan fingerprint density at radius 3 is 2.50 bits per heavy atom. The number of benzene rings is 6. The zero-order valence-corrected chi connectivity index (χ0v) is 28.9. The van der Waals surface area contributed by atoms with Crippen LogP contribution < -0.4 is 26.0 Å². The summed E-state index contributed by atoms with van der Waals surface area (Å²) in [6.07, 6.45) is 4.75. The van der Waals surface area contributed by atoms with Gasteiger partial charge in [0.1, 0.15) is 22.7 Å². The molecule has 6 aromatic carbocycles. The molecule has 0 fully saturated rings. The summed E-state index contributed by atoms with van der Waals surface area (Å²) >= 11 is 1.85. The van der Waals surface area contributed by atoms with Crippen molar-refractivity contribution in [3.63, 3.8) is 0 Å². The SMILES string of the molecule is CC1(C)C2=C(CCCC2)N(c2ccc3c(c2)Oc2cccc4c2B3c2cc(-c3cccc5c3oc3ccccc35)ccc2S4)c2ccccc21. The first-order valence-corrected chi connectivity index (χ1v) is 18.7. The number of furan rings is 1. The highest BCUT2D eigenvalue weighted by Gasteiger charge is 2.42. The smallest absolute Gasteiger partial charge is 0.253 e. The van der Waals surface area contributed by atoms with Crippen molar-refractivity contribution < 1.29 is 9.15 Å². The Kier molecular flexibility index (Phi) is 5.99. The van der Waals surface area contributed by atoms with E-state index in [4.69, 9.17) is 9.15 Å². The average molecular weight is 664 g/mol. The molecule has 3 aliphatic heterocycles. The van der Waals surface area contributed by atoms with Gasteiger partial charge >= 0.3 is 0 Å². The fourth-order valence-corrected chi connectivity index (χ4v) is 10.5. The molecule has 0 radical (unpaired) electrons. The van der Waals surface area contributed by atoms with Gasteiger partial charge in [-0.3, -0.25) is 0 Å². The van der Waals surface area contributed by atoms with Gasteiger partial charge < -0.3 is 14.1 Å². The van der Waals surface area contributed by atoms with Crippen LogP contribution in [0.25, 0.3) is 33.1 Å². The summed E-state index contributed by atoms with van der Waals surface area (Å²) in [6, 6.07) is 44.3. The lowest BCUT2D eigenvalue weighted by Crippen LogP contribution is -2.57. The van der Waals surface area contributed by atoms with Crippen LogP contribution in [0.2, 0.25) is 0 Å². The van der Waals surface area contributed by atoms with E-state index in [0.29, 0.717) is 0 Å². The van der Waals surface area contributed by atoms with Gasteiger partial charge in [0.15, 0.2) is 0 Å². The molecule has 0 saturated carbocycles. The Balaban J connectivity index is 1.08. The van der Waals surface area contributed by atoms with Crippen molar-refractivity contribution >= 4 is 68.2 Å². The van der Waals surface area contributed by atoms with Gasteiger partial charge in [-0.25, -0.2) is 0 Å². The van der Waals surface area contributed by atoms with E-state index < -0.39 is 0 Å². The van der Waals surface area contributed by atoms with E-state index in [0.717, 1.165) is 51.8 Å². The largest absolute Gasteiger partial charge is 0.458 e. The van der Waals surface area contributed by atoms with Crippen LogP contribution >= 0.6 is 11.8 Å². The van der Waals surface area contributed by atoms with E-state index in [-0.39, 0.29) is 12.1 Å². The zero-order chi connectivity index (χ0) is 33.1. The lowest BCUT2D eigenvalue weighted by molar-refractivity contribution is 0.486. The molecule has 0 atom stereocenters. The van der Waals surface area contributed by atoms with Crippen LogP contribution in [0, 0.1) is 0 Å². The number of hydrogen-bond donors (Lipinski definition) is 0. The fourth-order valence-electron chi connectivity index (χ4n) is 9.31. The Bertz CT molecular complexity index is 2610. The second-order valence-corrected chi connectivity index (χ2v) is 15.8. The maximum atomic E-state index is 6.87. The van der Waals surface area contributed by atoms with Crippen LogP contribution in [0.1, 0.15) is 45.1 Å². The summed E-state index contributed by atoms with van der Waals surface area (Å²) in [7, 11) is 0. The van der Waals surface area contributed by atoms with Crippen molar-refractivity contribution in [2.75, 3.05) is 4.90 Å². The molecule has 0 amide bonds. The van der Waals surface area contributed by atoms with E-state index in [2.05, 4.69) is 134 Å². The van der Waals surface area contributed by atoms with Gasteiger partial charge in [-0.15, -0.1) is 0 Å². The molecule has 1 aromatic heterocycles. The number of hydrogen-bond acceptors (Lipinski definition) is 4. The van der Waals surface area contributed by atoms with Crippen LogP contribution in [0.4, 0.5) is 11.4 Å². The first kappa shape index (κ1) is 28.7. The third-order valence-electron chi connectivity index (χ3n) is 11.6. The number of para-hydroxylation sites is 3. The van der Waals surface area contributed by atoms with Crippen LogP contribution in [-0.4, -0.2) is 6.71 Å². The number of anilines is 2. The highest BCUT2D eigenvalue weighted by Crippen LogP contribution is 2.52. The maximum Gasteiger partial charge on any atom is 0.253 e. The number of fused-ring (bicyclic) bond motifs is 8. The minimum Gasteiger partial charge on any atom is -0.458 e. The summed E-state index contributed by atoms with van der Waals surface area (Å²) in [5.74, 6) is 1.90. The van der Waals surface area contributed by atoms with Crippen LogP contribution in [-0.2, 0) is 5.41 Å². The van der Waals surface area contributed by atoms with E-state index in [1.807, 2.05) is 17.8 Å². The van der Waals surface area contributed by atoms with Gasteiger partial charge in [0.25, 0.3) is 6.71 Å². The average Bonchev–Trinajstić information content (AvgIpc) is 3.54. The lowest BCUT2D eigenvalue weighted by atomic mass is 9.35. The summed E-state index contributed by atoms with van der Waals surface area (Å²) in [4.78, 5) is 5.11. The minimum absolute atomic E-state index is 0.0246. The maximum absolute atomic E-state index is 6.87. The highest BCUT2D eigenvalue weighted by molar-refractivity contribution is 8.00. The summed E-state index contributed by atoms with van der Waals surface area (Å²) in [5, 5.41) is 2.31. The predicted octanol–water partition coefficient (Wildman–Crippen LogP) is 10.6. The van der Waals surface area contributed by atoms with Crippen molar-refractivity contribution in [1.29, 1.82) is 0 Å². The Morgan fingerprint density at radius 1 is 0.700 bits per heavy atom. The third kappa shape index (κ3) is 3.95. The molecule has 5 heteroatoms. The molecule has 4 aliphatic rings. The van der Waals surface area contributed by atoms with Gasteiger partial charge in [0.2, 0.25) is 0 Å². The van der Waals surface area contributed by atoms with E-state index in [1.165, 1.54) is 67.2 Å². The monoisotopic (exact) mass is 663 g/mol. The summed E-state index contributed by atoms with van der Waals surface area (Å²) in [6.45, 7) is 4.90. The molecule has 3 nitrogen and oxygen atoms in total. The Hall–Kier alpha value is -5.13. The van der Waals surface area contributed by atoms with Gasteiger partial charge in [0, 0.05) is 54.7 Å². The van der Waals surface area contributed by atoms with E-state index >= 15 is 0 Å². The molecule has 0 spiro atoms. The normalized spacial score (nSPS) is 16.8. The topological polar surface area (TPSA) is 25.6 Å². The number of ether oxygens (including phenoxy) is 1. The van der Waals surface area contributed by atoms with Crippen LogP contribution in [0.5, 0.6) is 11.5 Å². The summed E-state index contributed by atoms with van der Waals surface area (Å²) < 4.78 is 13.4. The third-order valence-corrected chi connectivity index (χ3v) is 12.8. The lowest BCUT2D eigenvalue weighted by Gasteiger charge is -2.46.